The van der Waals surface area contributed by atoms with Gasteiger partial charge in [-0.15, -0.1) is 5.10 Å². The molecule has 1 aromatic carbocycles. The van der Waals surface area contributed by atoms with E-state index in [1.165, 1.54) is 0 Å². The first-order valence-corrected chi connectivity index (χ1v) is 6.19. The summed E-state index contributed by atoms with van der Waals surface area (Å²) in [7, 11) is 1.83. The third-order valence-electron chi connectivity index (χ3n) is 3.16. The molecule has 0 aliphatic rings. The van der Waals surface area contributed by atoms with E-state index in [0.717, 1.165) is 22.5 Å². The summed E-state index contributed by atoms with van der Waals surface area (Å²) in [6.45, 7) is 0. The van der Waals surface area contributed by atoms with Crippen LogP contribution in [-0.4, -0.2) is 36.4 Å². The number of benzene rings is 1. The highest BCUT2D eigenvalue weighted by Crippen LogP contribution is 2.19. The summed E-state index contributed by atoms with van der Waals surface area (Å²) < 4.78 is 3.61. The first kappa shape index (κ1) is 10.9. The van der Waals surface area contributed by atoms with Gasteiger partial charge in [-0.25, -0.2) is 9.97 Å². The van der Waals surface area contributed by atoms with Gasteiger partial charge >= 0.3 is 0 Å². The Kier molecular flexibility index (Phi) is 2.19. The third-order valence-corrected chi connectivity index (χ3v) is 3.16. The number of anilines is 1. The van der Waals surface area contributed by atoms with Gasteiger partial charge in [0.15, 0.2) is 5.65 Å². The van der Waals surface area contributed by atoms with Crippen molar-refractivity contribution in [3.8, 4) is 5.82 Å². The third kappa shape index (κ3) is 1.46. The maximum absolute atomic E-state index is 4.55. The summed E-state index contributed by atoms with van der Waals surface area (Å²) >= 11 is 0. The van der Waals surface area contributed by atoms with Crippen LogP contribution < -0.4 is 5.32 Å². The Labute approximate surface area is 113 Å². The van der Waals surface area contributed by atoms with E-state index in [0.29, 0.717) is 5.82 Å². The zero-order chi connectivity index (χ0) is 13.5. The second-order valence-corrected chi connectivity index (χ2v) is 4.35. The molecule has 0 unspecified atom stereocenters. The van der Waals surface area contributed by atoms with Crippen LogP contribution in [0.1, 0.15) is 0 Å². The molecule has 20 heavy (non-hydrogen) atoms. The van der Waals surface area contributed by atoms with Gasteiger partial charge in [0.25, 0.3) is 0 Å². The molecule has 0 saturated heterocycles. The molecule has 3 aromatic heterocycles. The lowest BCUT2D eigenvalue weighted by Crippen LogP contribution is -2.06. The van der Waals surface area contributed by atoms with Crippen molar-refractivity contribution in [1.82, 2.24) is 29.4 Å². The predicted molar refractivity (Wildman–Crippen MR) is 75.0 cm³/mol. The molecule has 0 radical (unpaired) electrons. The first-order valence-electron chi connectivity index (χ1n) is 6.19. The summed E-state index contributed by atoms with van der Waals surface area (Å²) in [6.07, 6.45) is 5.49. The lowest BCUT2D eigenvalue weighted by molar-refractivity contribution is 0.800. The Morgan fingerprint density at radius 1 is 1.20 bits per heavy atom. The van der Waals surface area contributed by atoms with Gasteiger partial charge in [-0.05, 0) is 12.1 Å². The minimum atomic E-state index is 0.649. The largest absolute Gasteiger partial charge is 0.372 e. The molecular formula is C13H11N7. The van der Waals surface area contributed by atoms with E-state index in [-0.39, 0.29) is 0 Å². The molecule has 0 atom stereocenters. The Morgan fingerprint density at radius 2 is 2.10 bits per heavy atom. The molecule has 0 amide bonds. The van der Waals surface area contributed by atoms with E-state index in [2.05, 4.69) is 25.6 Å². The number of hydrogen-bond acceptors (Lipinski definition) is 5. The molecule has 1 N–H and O–H groups in total. The summed E-state index contributed by atoms with van der Waals surface area (Å²) in [5.41, 5.74) is 2.46. The van der Waals surface area contributed by atoms with Crippen molar-refractivity contribution in [2.75, 3.05) is 12.4 Å². The topological polar surface area (TPSA) is 72.9 Å². The maximum Gasteiger partial charge on any atom is 0.201 e. The minimum Gasteiger partial charge on any atom is -0.372 e. The minimum absolute atomic E-state index is 0.649. The second-order valence-electron chi connectivity index (χ2n) is 4.35. The van der Waals surface area contributed by atoms with Crippen LogP contribution in [0.3, 0.4) is 0 Å². The van der Waals surface area contributed by atoms with Gasteiger partial charge in [-0.3, -0.25) is 0 Å². The van der Waals surface area contributed by atoms with E-state index >= 15 is 0 Å². The van der Waals surface area contributed by atoms with Gasteiger partial charge in [-0.2, -0.15) is 4.68 Å². The highest BCUT2D eigenvalue weighted by Gasteiger charge is 2.13. The molecular weight excluding hydrogens is 254 g/mol. The normalized spacial score (nSPS) is 11.2. The zero-order valence-corrected chi connectivity index (χ0v) is 10.7. The van der Waals surface area contributed by atoms with Crippen molar-refractivity contribution < 1.29 is 0 Å². The van der Waals surface area contributed by atoms with E-state index in [9.17, 15) is 0 Å². The fourth-order valence-electron chi connectivity index (χ4n) is 2.20. The van der Waals surface area contributed by atoms with E-state index in [1.54, 1.807) is 10.9 Å². The Hall–Kier alpha value is -2.96. The van der Waals surface area contributed by atoms with Crippen LogP contribution in [0.15, 0.2) is 42.9 Å². The molecule has 7 nitrogen and oxygen atoms in total. The average molecular weight is 265 g/mol. The van der Waals surface area contributed by atoms with Gasteiger partial charge < -0.3 is 9.72 Å². The van der Waals surface area contributed by atoms with E-state index in [1.807, 2.05) is 48.1 Å². The number of imidazole rings is 1. The molecule has 7 heteroatoms. The lowest BCUT2D eigenvalue weighted by atomic mass is 10.3. The highest BCUT2D eigenvalue weighted by atomic mass is 15.5. The molecule has 98 valence electrons. The molecule has 4 rings (SSSR count). The molecule has 0 aliphatic heterocycles. The number of rotatable bonds is 2. The van der Waals surface area contributed by atoms with Crippen molar-refractivity contribution >= 4 is 22.5 Å². The Bertz CT molecular complexity index is 905. The SMILES string of the molecule is CNc1cn2ccnc2c(-n2nnc3ccccc32)n1. The quantitative estimate of drug-likeness (QED) is 0.594. The molecule has 4 aromatic rings. The monoisotopic (exact) mass is 265 g/mol. The van der Waals surface area contributed by atoms with Crippen LogP contribution in [0, 0.1) is 0 Å². The van der Waals surface area contributed by atoms with Crippen molar-refractivity contribution in [2.45, 2.75) is 0 Å². The van der Waals surface area contributed by atoms with Gasteiger partial charge in [0, 0.05) is 19.4 Å². The molecule has 3 heterocycles. The van der Waals surface area contributed by atoms with Crippen LogP contribution in [0.2, 0.25) is 0 Å². The molecule has 0 aliphatic carbocycles. The lowest BCUT2D eigenvalue weighted by Gasteiger charge is -2.06. The van der Waals surface area contributed by atoms with Crippen molar-refractivity contribution in [2.24, 2.45) is 0 Å². The Morgan fingerprint density at radius 3 is 3.00 bits per heavy atom. The zero-order valence-electron chi connectivity index (χ0n) is 10.7. The van der Waals surface area contributed by atoms with Gasteiger partial charge in [0.1, 0.15) is 11.3 Å². The molecule has 0 saturated carbocycles. The smallest absolute Gasteiger partial charge is 0.201 e. The molecule has 0 fully saturated rings. The fraction of sp³-hybridized carbons (Fsp3) is 0.0769. The van der Waals surface area contributed by atoms with Crippen LogP contribution in [0.25, 0.3) is 22.5 Å². The predicted octanol–water partition coefficient (Wildman–Crippen LogP) is 1.50. The van der Waals surface area contributed by atoms with Crippen molar-refractivity contribution in [3.63, 3.8) is 0 Å². The number of nitrogens with zero attached hydrogens (tertiary/aromatic N) is 6. The van der Waals surface area contributed by atoms with E-state index in [4.69, 9.17) is 0 Å². The summed E-state index contributed by atoms with van der Waals surface area (Å²) in [5, 5.41) is 11.4. The number of para-hydroxylation sites is 1. The van der Waals surface area contributed by atoms with Crippen molar-refractivity contribution in [3.05, 3.63) is 42.9 Å². The maximum atomic E-state index is 4.55. The highest BCUT2D eigenvalue weighted by molar-refractivity contribution is 5.77. The summed E-state index contributed by atoms with van der Waals surface area (Å²) in [4.78, 5) is 8.89. The van der Waals surface area contributed by atoms with Crippen LogP contribution in [-0.2, 0) is 0 Å². The van der Waals surface area contributed by atoms with E-state index < -0.39 is 0 Å². The Balaban J connectivity index is 2.08. The molecule has 0 bridgehead atoms. The second kappa shape index (κ2) is 4.02. The van der Waals surface area contributed by atoms with Gasteiger partial charge in [0.05, 0.1) is 11.7 Å². The molecule has 0 spiro atoms. The standard InChI is InChI=1S/C13H11N7/c1-14-11-8-19-7-6-15-12(19)13(16-11)20-10-5-3-2-4-9(10)17-18-20/h2-8,14H,1H3. The van der Waals surface area contributed by atoms with Crippen LogP contribution >= 0.6 is 0 Å². The summed E-state index contributed by atoms with van der Waals surface area (Å²) in [5.74, 6) is 1.39. The fourth-order valence-corrected chi connectivity index (χ4v) is 2.20. The van der Waals surface area contributed by atoms with Crippen LogP contribution in [0.5, 0.6) is 0 Å². The number of aromatic nitrogens is 6. The summed E-state index contributed by atoms with van der Waals surface area (Å²) in [6, 6.07) is 7.77. The van der Waals surface area contributed by atoms with Crippen LogP contribution in [0.4, 0.5) is 5.82 Å². The number of fused-ring (bicyclic) bond motifs is 2. The number of nitrogens with one attached hydrogen (secondary N) is 1. The van der Waals surface area contributed by atoms with Crippen molar-refractivity contribution in [1.29, 1.82) is 0 Å². The number of hydrogen-bond donors (Lipinski definition) is 1. The van der Waals surface area contributed by atoms with Gasteiger partial charge in [-0.1, -0.05) is 17.3 Å². The first-order chi connectivity index (χ1) is 9.86. The average Bonchev–Trinajstić information content (AvgIpc) is 3.12. The van der Waals surface area contributed by atoms with Gasteiger partial charge in [0.2, 0.25) is 5.82 Å².